The molecule has 3 aromatic rings. The summed E-state index contributed by atoms with van der Waals surface area (Å²) in [5, 5.41) is 16.1. The van der Waals surface area contributed by atoms with Gasteiger partial charge >= 0.3 is 6.03 Å². The lowest BCUT2D eigenvalue weighted by atomic mass is 10.1. The molecule has 2 aromatic carbocycles. The molecule has 6 heteroatoms. The number of benzene rings is 2. The average Bonchev–Trinajstić information content (AvgIpc) is 2.97. The predicted molar refractivity (Wildman–Crippen MR) is 96.6 cm³/mol. The number of aryl methyl sites for hydroxylation is 1. The maximum absolute atomic E-state index is 12.1. The second-order valence-corrected chi connectivity index (χ2v) is 5.76. The van der Waals surface area contributed by atoms with Gasteiger partial charge in [0.1, 0.15) is 5.75 Å². The molecular formula is C18H16ClN3O2. The normalized spacial score (nSPS) is 10.4. The first-order valence-corrected chi connectivity index (χ1v) is 7.69. The van der Waals surface area contributed by atoms with Gasteiger partial charge in [0.25, 0.3) is 0 Å². The second kappa shape index (κ2) is 6.68. The molecular weight excluding hydrogens is 326 g/mol. The maximum atomic E-state index is 12.1. The van der Waals surface area contributed by atoms with Gasteiger partial charge in [-0.15, -0.1) is 0 Å². The fourth-order valence-electron chi connectivity index (χ4n) is 2.39. The van der Waals surface area contributed by atoms with Gasteiger partial charge in [-0.1, -0.05) is 11.6 Å². The van der Waals surface area contributed by atoms with Crippen LogP contribution in [0.5, 0.6) is 5.75 Å². The Morgan fingerprint density at radius 1 is 1.04 bits per heavy atom. The first kappa shape index (κ1) is 16.0. The molecule has 122 valence electrons. The van der Waals surface area contributed by atoms with Gasteiger partial charge in [-0.05, 0) is 54.6 Å². The van der Waals surface area contributed by atoms with Gasteiger partial charge in [0.05, 0.1) is 5.69 Å². The van der Waals surface area contributed by atoms with Crippen LogP contribution in [-0.2, 0) is 7.05 Å². The van der Waals surface area contributed by atoms with E-state index in [2.05, 4.69) is 10.6 Å². The fourth-order valence-corrected chi connectivity index (χ4v) is 2.51. The molecule has 0 fully saturated rings. The number of amides is 2. The number of hydrogen-bond donors (Lipinski definition) is 3. The van der Waals surface area contributed by atoms with Crippen LogP contribution in [0, 0.1) is 0 Å². The molecule has 24 heavy (non-hydrogen) atoms. The Morgan fingerprint density at radius 3 is 2.38 bits per heavy atom. The van der Waals surface area contributed by atoms with Crippen molar-refractivity contribution >= 4 is 29.0 Å². The van der Waals surface area contributed by atoms with Crippen molar-refractivity contribution in [3.05, 3.63) is 65.8 Å². The van der Waals surface area contributed by atoms with E-state index in [-0.39, 0.29) is 11.8 Å². The Bertz CT molecular complexity index is 872. The highest BCUT2D eigenvalue weighted by Crippen LogP contribution is 2.31. The number of aromatic hydroxyl groups is 1. The minimum Gasteiger partial charge on any atom is -0.507 e. The van der Waals surface area contributed by atoms with Crippen LogP contribution in [0.4, 0.5) is 16.2 Å². The number of carbonyl (C=O) groups is 1. The van der Waals surface area contributed by atoms with Gasteiger partial charge in [0, 0.05) is 35.2 Å². The number of rotatable bonds is 3. The molecule has 0 radical (unpaired) electrons. The van der Waals surface area contributed by atoms with Gasteiger partial charge in [-0.2, -0.15) is 0 Å². The quantitative estimate of drug-likeness (QED) is 0.605. The smallest absolute Gasteiger partial charge is 0.323 e. The summed E-state index contributed by atoms with van der Waals surface area (Å²) >= 11 is 5.82. The number of phenolic OH excluding ortho intramolecular Hbond substituents is 1. The van der Waals surface area contributed by atoms with Crippen LogP contribution in [0.1, 0.15) is 0 Å². The number of nitrogens with zero attached hydrogens (tertiary/aromatic N) is 1. The van der Waals surface area contributed by atoms with Gasteiger partial charge in [0.2, 0.25) is 0 Å². The first-order chi connectivity index (χ1) is 11.5. The van der Waals surface area contributed by atoms with E-state index in [9.17, 15) is 9.90 Å². The monoisotopic (exact) mass is 341 g/mol. The van der Waals surface area contributed by atoms with Crippen molar-refractivity contribution in [3.8, 4) is 17.0 Å². The van der Waals surface area contributed by atoms with Gasteiger partial charge in [-0.25, -0.2) is 4.79 Å². The summed E-state index contributed by atoms with van der Waals surface area (Å²) in [7, 11) is 1.89. The summed E-state index contributed by atoms with van der Waals surface area (Å²) < 4.78 is 1.90. The van der Waals surface area contributed by atoms with Crippen LogP contribution in [0.15, 0.2) is 60.8 Å². The molecule has 3 N–H and O–H groups in total. The van der Waals surface area contributed by atoms with E-state index >= 15 is 0 Å². The molecule has 3 rings (SSSR count). The zero-order valence-corrected chi connectivity index (χ0v) is 13.7. The van der Waals surface area contributed by atoms with Crippen molar-refractivity contribution in [1.82, 2.24) is 4.57 Å². The van der Waals surface area contributed by atoms with Crippen LogP contribution in [0.25, 0.3) is 11.3 Å². The molecule has 0 saturated carbocycles. The van der Waals surface area contributed by atoms with E-state index in [4.69, 9.17) is 11.6 Å². The van der Waals surface area contributed by atoms with Crippen LogP contribution in [-0.4, -0.2) is 15.7 Å². The van der Waals surface area contributed by atoms with Crippen molar-refractivity contribution in [1.29, 1.82) is 0 Å². The highest BCUT2D eigenvalue weighted by Gasteiger charge is 2.10. The predicted octanol–water partition coefficient (Wildman–Crippen LogP) is 4.70. The lowest BCUT2D eigenvalue weighted by Gasteiger charge is -2.11. The average molecular weight is 342 g/mol. The standard InChI is InChI=1S/C18H16ClN3O2/c1-22-10-2-3-16(22)15-11-14(8-9-17(15)23)21-18(24)20-13-6-4-12(19)5-7-13/h2-11,23H,1H3,(H2,20,21,24). The number of aromatic nitrogens is 1. The van der Waals surface area contributed by atoms with Crippen molar-refractivity contribution < 1.29 is 9.90 Å². The maximum Gasteiger partial charge on any atom is 0.323 e. The molecule has 1 aromatic heterocycles. The van der Waals surface area contributed by atoms with Crippen LogP contribution < -0.4 is 10.6 Å². The number of halogens is 1. The first-order valence-electron chi connectivity index (χ1n) is 7.31. The topological polar surface area (TPSA) is 66.3 Å². The van der Waals surface area contributed by atoms with Crippen molar-refractivity contribution in [3.63, 3.8) is 0 Å². The van der Waals surface area contributed by atoms with E-state index in [1.165, 1.54) is 0 Å². The largest absolute Gasteiger partial charge is 0.507 e. The van der Waals surface area contributed by atoms with Gasteiger partial charge in [-0.3, -0.25) is 0 Å². The highest BCUT2D eigenvalue weighted by atomic mass is 35.5. The molecule has 0 saturated heterocycles. The zero-order chi connectivity index (χ0) is 17.1. The molecule has 0 aliphatic heterocycles. The Morgan fingerprint density at radius 2 is 1.71 bits per heavy atom. The van der Waals surface area contributed by atoms with E-state index in [1.54, 1.807) is 42.5 Å². The molecule has 0 unspecified atom stereocenters. The van der Waals surface area contributed by atoms with E-state index in [0.717, 1.165) is 5.69 Å². The van der Waals surface area contributed by atoms with E-state index in [1.807, 2.05) is 29.9 Å². The second-order valence-electron chi connectivity index (χ2n) is 5.32. The van der Waals surface area contributed by atoms with Crippen LogP contribution in [0.3, 0.4) is 0 Å². The Kier molecular flexibility index (Phi) is 4.44. The summed E-state index contributed by atoms with van der Waals surface area (Å²) in [6.07, 6.45) is 1.89. The molecule has 2 amide bonds. The third-order valence-corrected chi connectivity index (χ3v) is 3.83. The number of hydrogen-bond acceptors (Lipinski definition) is 2. The summed E-state index contributed by atoms with van der Waals surface area (Å²) in [4.78, 5) is 12.1. The Hall–Kier alpha value is -2.92. The molecule has 0 atom stereocenters. The summed E-state index contributed by atoms with van der Waals surface area (Å²) in [6, 6.07) is 15.2. The van der Waals surface area contributed by atoms with Crippen molar-refractivity contribution in [2.75, 3.05) is 10.6 Å². The summed E-state index contributed by atoms with van der Waals surface area (Å²) in [6.45, 7) is 0. The van der Waals surface area contributed by atoms with E-state index < -0.39 is 0 Å². The van der Waals surface area contributed by atoms with Gasteiger partial charge in [0.15, 0.2) is 0 Å². The molecule has 0 aliphatic carbocycles. The van der Waals surface area contributed by atoms with E-state index in [0.29, 0.717) is 22.0 Å². The van der Waals surface area contributed by atoms with Gasteiger partial charge < -0.3 is 20.3 Å². The van der Waals surface area contributed by atoms with Crippen molar-refractivity contribution in [2.24, 2.45) is 7.05 Å². The third-order valence-electron chi connectivity index (χ3n) is 3.58. The lowest BCUT2D eigenvalue weighted by molar-refractivity contribution is 0.262. The number of nitrogens with one attached hydrogen (secondary N) is 2. The van der Waals surface area contributed by atoms with Crippen LogP contribution >= 0.6 is 11.6 Å². The number of anilines is 2. The molecule has 0 aliphatic rings. The lowest BCUT2D eigenvalue weighted by Crippen LogP contribution is -2.19. The number of urea groups is 1. The minimum atomic E-state index is -0.374. The minimum absolute atomic E-state index is 0.153. The Balaban J connectivity index is 1.77. The zero-order valence-electron chi connectivity index (χ0n) is 13.0. The molecule has 1 heterocycles. The Labute approximate surface area is 144 Å². The third kappa shape index (κ3) is 3.52. The van der Waals surface area contributed by atoms with Crippen LogP contribution in [0.2, 0.25) is 5.02 Å². The molecule has 0 bridgehead atoms. The molecule has 0 spiro atoms. The molecule has 5 nitrogen and oxygen atoms in total. The SMILES string of the molecule is Cn1cccc1-c1cc(NC(=O)Nc2ccc(Cl)cc2)ccc1O. The summed E-state index contributed by atoms with van der Waals surface area (Å²) in [5.41, 5.74) is 2.72. The van der Waals surface area contributed by atoms with Crippen molar-refractivity contribution in [2.45, 2.75) is 0 Å². The fraction of sp³-hybridized carbons (Fsp3) is 0.0556. The number of phenols is 1. The number of carbonyl (C=O) groups excluding carboxylic acids is 1. The summed E-state index contributed by atoms with van der Waals surface area (Å²) in [5.74, 6) is 0.153. The highest BCUT2D eigenvalue weighted by molar-refractivity contribution is 6.30.